The van der Waals surface area contributed by atoms with Crippen molar-refractivity contribution in [3.63, 3.8) is 0 Å². The average Bonchev–Trinajstić information content (AvgIpc) is 2.47. The zero-order valence-corrected chi connectivity index (χ0v) is 12.5. The molecule has 0 aromatic heterocycles. The highest BCUT2D eigenvalue weighted by atomic mass is 19.4. The molecule has 0 saturated heterocycles. The molecule has 1 aromatic rings. The van der Waals surface area contributed by atoms with Gasteiger partial charge in [0.25, 0.3) is 0 Å². The topological polar surface area (TPSA) is 78.4 Å². The normalized spacial score (nSPS) is 13.2. The summed E-state index contributed by atoms with van der Waals surface area (Å²) in [5, 5.41) is 11.8. The van der Waals surface area contributed by atoms with E-state index in [2.05, 4.69) is 0 Å². The Morgan fingerprint density at radius 3 is 2.20 bits per heavy atom. The van der Waals surface area contributed by atoms with E-state index in [-0.39, 0.29) is 19.4 Å². The van der Waals surface area contributed by atoms with E-state index in [1.54, 1.807) is 0 Å². The van der Waals surface area contributed by atoms with Crippen molar-refractivity contribution in [3.8, 4) is 0 Å². The van der Waals surface area contributed by atoms with Crippen LogP contribution < -0.4 is 10.6 Å². The van der Waals surface area contributed by atoms with E-state index in [1.165, 1.54) is 5.32 Å². The first kappa shape index (κ1) is 20.6. The number of carboxylic acids is 1. The second kappa shape index (κ2) is 8.08. The molecule has 11 heteroatoms. The number of carboxylic acid groups (broad SMARTS) is 1. The molecule has 0 saturated carbocycles. The fourth-order valence-electron chi connectivity index (χ4n) is 1.97. The lowest BCUT2D eigenvalue weighted by Gasteiger charge is -2.25. The van der Waals surface area contributed by atoms with Gasteiger partial charge in [-0.3, -0.25) is 4.79 Å². The van der Waals surface area contributed by atoms with E-state index >= 15 is 0 Å². The molecule has 3 N–H and O–H groups in total. The fourth-order valence-corrected chi connectivity index (χ4v) is 1.97. The minimum atomic E-state index is -5.17. The Labute approximate surface area is 138 Å². The molecule has 0 aliphatic carbocycles. The maximum absolute atomic E-state index is 13.1. The first-order valence-corrected chi connectivity index (χ1v) is 6.92. The van der Waals surface area contributed by atoms with Crippen molar-refractivity contribution in [3.05, 3.63) is 35.4 Å². The smallest absolute Gasteiger partial charge is 0.416 e. The Balaban J connectivity index is 2.94. The van der Waals surface area contributed by atoms with Crippen LogP contribution in [0.5, 0.6) is 0 Å². The third-order valence-corrected chi connectivity index (χ3v) is 3.03. The third kappa shape index (κ3) is 6.51. The number of halogens is 6. The summed E-state index contributed by atoms with van der Waals surface area (Å²) < 4.78 is 78.1. The molecule has 140 valence electrons. The number of amides is 2. The summed E-state index contributed by atoms with van der Waals surface area (Å²) in [6, 6.07) is -1.18. The van der Waals surface area contributed by atoms with Crippen LogP contribution in [0.25, 0.3) is 0 Å². The summed E-state index contributed by atoms with van der Waals surface area (Å²) in [4.78, 5) is 21.8. The summed E-state index contributed by atoms with van der Waals surface area (Å²) in [6.07, 6.45) is -10.6. The van der Waals surface area contributed by atoms with Crippen LogP contribution in [0.15, 0.2) is 24.3 Å². The average molecular weight is 372 g/mol. The molecule has 2 amide bonds. The highest BCUT2D eigenvalue weighted by Crippen LogP contribution is 2.40. The molecule has 1 rings (SSSR count). The molecule has 0 aliphatic heterocycles. The maximum Gasteiger partial charge on any atom is 0.416 e. The standard InChI is InChI=1S/C14H14F6N2O3/c15-13(16,17)9-5-2-1-4-8(9)11(14(18,19)20)22-12(25)21-7-3-6-10(23)24/h1-2,4-5,11H,3,6-7H2,(H,23,24)(H2,21,22,25). The van der Waals surface area contributed by atoms with Gasteiger partial charge in [0.15, 0.2) is 6.04 Å². The second-order valence-corrected chi connectivity index (χ2v) is 4.96. The first-order chi connectivity index (χ1) is 11.4. The zero-order valence-electron chi connectivity index (χ0n) is 12.5. The lowest BCUT2D eigenvalue weighted by atomic mass is 9.99. The molecule has 1 atom stereocenters. The number of aliphatic carboxylic acids is 1. The lowest BCUT2D eigenvalue weighted by Crippen LogP contribution is -2.44. The van der Waals surface area contributed by atoms with Gasteiger partial charge in [-0.2, -0.15) is 26.3 Å². The van der Waals surface area contributed by atoms with Gasteiger partial charge in [0.2, 0.25) is 0 Å². The summed E-state index contributed by atoms with van der Waals surface area (Å²) >= 11 is 0. The molecule has 0 heterocycles. The fraction of sp³-hybridized carbons (Fsp3) is 0.429. The Hall–Kier alpha value is -2.46. The monoisotopic (exact) mass is 372 g/mol. The highest BCUT2D eigenvalue weighted by Gasteiger charge is 2.46. The molecule has 1 aromatic carbocycles. The molecule has 25 heavy (non-hydrogen) atoms. The van der Waals surface area contributed by atoms with Crippen LogP contribution in [0.2, 0.25) is 0 Å². The summed E-state index contributed by atoms with van der Waals surface area (Å²) in [7, 11) is 0. The van der Waals surface area contributed by atoms with Crippen LogP contribution in [0.3, 0.4) is 0 Å². The number of nitrogens with one attached hydrogen (secondary N) is 2. The lowest BCUT2D eigenvalue weighted by molar-refractivity contribution is -0.160. The minimum Gasteiger partial charge on any atom is -0.481 e. The van der Waals surface area contributed by atoms with Crippen LogP contribution in [0.4, 0.5) is 31.1 Å². The largest absolute Gasteiger partial charge is 0.481 e. The van der Waals surface area contributed by atoms with E-state index in [9.17, 15) is 35.9 Å². The van der Waals surface area contributed by atoms with Gasteiger partial charge in [0.05, 0.1) is 5.56 Å². The van der Waals surface area contributed by atoms with Crippen LogP contribution in [-0.2, 0) is 11.0 Å². The minimum absolute atomic E-state index is 0.0431. The number of urea groups is 1. The Morgan fingerprint density at radius 1 is 1.08 bits per heavy atom. The van der Waals surface area contributed by atoms with Crippen molar-refractivity contribution in [2.24, 2.45) is 0 Å². The number of benzene rings is 1. The van der Waals surface area contributed by atoms with E-state index in [4.69, 9.17) is 5.11 Å². The van der Waals surface area contributed by atoms with Crippen molar-refractivity contribution in [2.45, 2.75) is 31.2 Å². The summed E-state index contributed by atoms with van der Waals surface area (Å²) in [6.45, 7) is -0.246. The molecule has 0 bridgehead atoms. The number of hydrogen-bond acceptors (Lipinski definition) is 2. The van der Waals surface area contributed by atoms with Crippen LogP contribution in [0.1, 0.15) is 30.0 Å². The molecule has 1 unspecified atom stereocenters. The number of carbonyl (C=O) groups excluding carboxylic acids is 1. The highest BCUT2D eigenvalue weighted by molar-refractivity contribution is 5.74. The van der Waals surface area contributed by atoms with Gasteiger partial charge in [-0.15, -0.1) is 0 Å². The van der Waals surface area contributed by atoms with Crippen LogP contribution >= 0.6 is 0 Å². The zero-order chi connectivity index (χ0) is 19.3. The van der Waals surface area contributed by atoms with E-state index in [0.29, 0.717) is 12.1 Å². The van der Waals surface area contributed by atoms with Gasteiger partial charge in [-0.1, -0.05) is 18.2 Å². The molecule has 0 radical (unpaired) electrons. The molecule has 0 fully saturated rings. The van der Waals surface area contributed by atoms with Gasteiger partial charge >= 0.3 is 24.4 Å². The number of hydrogen-bond donors (Lipinski definition) is 3. The van der Waals surface area contributed by atoms with Gasteiger partial charge in [0, 0.05) is 13.0 Å². The van der Waals surface area contributed by atoms with Gasteiger partial charge in [0.1, 0.15) is 0 Å². The van der Waals surface area contributed by atoms with Crippen LogP contribution in [-0.4, -0.2) is 29.8 Å². The van der Waals surface area contributed by atoms with E-state index in [1.807, 2.05) is 5.32 Å². The molecule has 0 spiro atoms. The van der Waals surface area contributed by atoms with Crippen molar-refractivity contribution < 1.29 is 41.0 Å². The van der Waals surface area contributed by atoms with Crippen LogP contribution in [0, 0.1) is 0 Å². The second-order valence-electron chi connectivity index (χ2n) is 4.96. The third-order valence-electron chi connectivity index (χ3n) is 3.03. The molecule has 5 nitrogen and oxygen atoms in total. The predicted octanol–water partition coefficient (Wildman–Crippen LogP) is 3.47. The van der Waals surface area contributed by atoms with Crippen molar-refractivity contribution in [1.82, 2.24) is 10.6 Å². The summed E-state index contributed by atoms with van der Waals surface area (Å²) in [5.41, 5.74) is -2.65. The van der Waals surface area contributed by atoms with Gasteiger partial charge < -0.3 is 15.7 Å². The van der Waals surface area contributed by atoms with E-state index < -0.39 is 41.5 Å². The number of carbonyl (C=O) groups is 2. The van der Waals surface area contributed by atoms with Crippen molar-refractivity contribution in [2.75, 3.05) is 6.54 Å². The Bertz CT molecular complexity index is 615. The molecular formula is C14H14F6N2O3. The van der Waals surface area contributed by atoms with Crippen molar-refractivity contribution in [1.29, 1.82) is 0 Å². The van der Waals surface area contributed by atoms with Gasteiger partial charge in [-0.05, 0) is 18.1 Å². The Morgan fingerprint density at radius 2 is 1.68 bits per heavy atom. The first-order valence-electron chi connectivity index (χ1n) is 6.92. The maximum atomic E-state index is 13.1. The van der Waals surface area contributed by atoms with Crippen molar-refractivity contribution >= 4 is 12.0 Å². The Kier molecular flexibility index (Phi) is 6.65. The quantitative estimate of drug-likeness (QED) is 0.529. The SMILES string of the molecule is O=C(O)CCCNC(=O)NC(c1ccccc1C(F)(F)F)C(F)(F)F. The summed E-state index contributed by atoms with van der Waals surface area (Å²) in [5.74, 6) is -1.16. The number of alkyl halides is 6. The van der Waals surface area contributed by atoms with E-state index in [0.717, 1.165) is 12.1 Å². The predicted molar refractivity (Wildman–Crippen MR) is 73.6 cm³/mol. The number of rotatable bonds is 6. The molecule has 0 aliphatic rings. The van der Waals surface area contributed by atoms with Gasteiger partial charge in [-0.25, -0.2) is 4.79 Å². The molecular weight excluding hydrogens is 358 g/mol.